The first-order valence-corrected chi connectivity index (χ1v) is 5.60. The van der Waals surface area contributed by atoms with Gasteiger partial charge >= 0.3 is 0 Å². The molecule has 0 aliphatic carbocycles. The summed E-state index contributed by atoms with van der Waals surface area (Å²) in [4.78, 5) is 11.3. The third kappa shape index (κ3) is 2.58. The average molecular weight is 329 g/mol. The zero-order valence-electron chi connectivity index (χ0n) is 6.90. The smallest absolute Gasteiger partial charge is 0.179 e. The number of Topliss-reactive ketones (excluding diaryl/α,β-unsaturated/α-hetero) is 1. The van der Waals surface area contributed by atoms with Crippen molar-refractivity contribution in [2.24, 2.45) is 0 Å². The Bertz CT molecular complexity index is 326. The van der Waals surface area contributed by atoms with Gasteiger partial charge < -0.3 is 0 Å². The van der Waals surface area contributed by atoms with Crippen molar-refractivity contribution in [3.8, 4) is 0 Å². The third-order valence-corrected chi connectivity index (χ3v) is 2.82. The van der Waals surface area contributed by atoms with Gasteiger partial charge in [-0.15, -0.1) is 11.6 Å². The van der Waals surface area contributed by atoms with Crippen LogP contribution in [0.4, 0.5) is 0 Å². The summed E-state index contributed by atoms with van der Waals surface area (Å²) in [6.07, 6.45) is 0. The van der Waals surface area contributed by atoms with Crippen LogP contribution < -0.4 is 0 Å². The van der Waals surface area contributed by atoms with Gasteiger partial charge in [-0.2, -0.15) is 0 Å². The van der Waals surface area contributed by atoms with E-state index in [-0.39, 0.29) is 11.7 Å². The maximum Gasteiger partial charge on any atom is 0.179 e. The van der Waals surface area contributed by atoms with Crippen LogP contribution in [-0.2, 0) is 0 Å². The summed E-state index contributed by atoms with van der Waals surface area (Å²) in [7, 11) is 0. The summed E-state index contributed by atoms with van der Waals surface area (Å²) in [5.74, 6) is -0.151. The molecule has 0 aliphatic rings. The Balaban J connectivity index is 3.28. The monoisotopic (exact) mass is 328 g/mol. The van der Waals surface area contributed by atoms with E-state index in [0.717, 1.165) is 9.13 Å². The van der Waals surface area contributed by atoms with E-state index in [1.54, 1.807) is 6.07 Å². The molecule has 0 amide bonds. The predicted molar refractivity (Wildman–Crippen MR) is 64.0 cm³/mol. The lowest BCUT2D eigenvalue weighted by molar-refractivity contribution is 0.102. The molecule has 0 aliphatic heterocycles. The fourth-order valence-electron chi connectivity index (χ4n) is 1.12. The minimum Gasteiger partial charge on any atom is -0.293 e. The fraction of sp³-hybridized carbons (Fsp3) is 0.222. The lowest BCUT2D eigenvalue weighted by Crippen LogP contribution is -2.04. The SMILES string of the molecule is Cc1cc(I)cc(Cl)c1C(=O)CCl. The van der Waals surface area contributed by atoms with Crippen molar-refractivity contribution in [1.29, 1.82) is 0 Å². The Hall–Kier alpha value is 0.200. The van der Waals surface area contributed by atoms with Crippen LogP contribution in [0.15, 0.2) is 12.1 Å². The minimum atomic E-state index is -0.124. The van der Waals surface area contributed by atoms with Crippen molar-refractivity contribution >= 4 is 51.6 Å². The summed E-state index contributed by atoms with van der Waals surface area (Å²) in [6.45, 7) is 1.85. The second kappa shape index (κ2) is 4.62. The summed E-state index contributed by atoms with van der Waals surface area (Å²) in [5.41, 5.74) is 1.42. The maximum atomic E-state index is 11.3. The highest BCUT2D eigenvalue weighted by Crippen LogP contribution is 2.23. The lowest BCUT2D eigenvalue weighted by atomic mass is 10.1. The molecule has 0 bridgehead atoms. The van der Waals surface area contributed by atoms with Crippen LogP contribution in [0, 0.1) is 10.5 Å². The lowest BCUT2D eigenvalue weighted by Gasteiger charge is -2.05. The normalized spacial score (nSPS) is 10.2. The molecule has 0 aromatic heterocycles. The molecule has 0 spiro atoms. The predicted octanol–water partition coefficient (Wildman–Crippen LogP) is 3.67. The van der Waals surface area contributed by atoms with Gasteiger partial charge in [-0.25, -0.2) is 0 Å². The molecule has 1 nitrogen and oxygen atoms in total. The van der Waals surface area contributed by atoms with Crippen molar-refractivity contribution in [1.82, 2.24) is 0 Å². The van der Waals surface area contributed by atoms with Gasteiger partial charge in [0.25, 0.3) is 0 Å². The third-order valence-electron chi connectivity index (χ3n) is 1.65. The topological polar surface area (TPSA) is 17.1 Å². The molecular formula is C9H7Cl2IO. The van der Waals surface area contributed by atoms with E-state index in [1.807, 2.05) is 13.0 Å². The van der Waals surface area contributed by atoms with Crippen LogP contribution in [-0.4, -0.2) is 11.7 Å². The molecule has 0 unspecified atom stereocenters. The highest BCUT2D eigenvalue weighted by atomic mass is 127. The number of carbonyl (C=O) groups excluding carboxylic acids is 1. The Labute approximate surface area is 101 Å². The van der Waals surface area contributed by atoms with Gasteiger partial charge in [0, 0.05) is 9.13 Å². The van der Waals surface area contributed by atoms with Crippen LogP contribution in [0.25, 0.3) is 0 Å². The van der Waals surface area contributed by atoms with Crippen molar-refractivity contribution in [3.63, 3.8) is 0 Å². The van der Waals surface area contributed by atoms with Crippen molar-refractivity contribution in [2.45, 2.75) is 6.92 Å². The number of rotatable bonds is 2. The molecule has 13 heavy (non-hydrogen) atoms. The highest BCUT2D eigenvalue weighted by Gasteiger charge is 2.12. The zero-order chi connectivity index (χ0) is 10.0. The molecule has 0 saturated carbocycles. The molecule has 0 N–H and O–H groups in total. The number of ketones is 1. The molecule has 0 atom stereocenters. The van der Waals surface area contributed by atoms with Gasteiger partial charge in [0.2, 0.25) is 0 Å². The molecule has 4 heteroatoms. The Kier molecular flexibility index (Phi) is 4.01. The van der Waals surface area contributed by atoms with Crippen LogP contribution >= 0.6 is 45.8 Å². The van der Waals surface area contributed by atoms with Gasteiger partial charge in [0.1, 0.15) is 0 Å². The van der Waals surface area contributed by atoms with Crippen molar-refractivity contribution < 1.29 is 4.79 Å². The van der Waals surface area contributed by atoms with Gasteiger partial charge in [0.05, 0.1) is 10.9 Å². The molecular weight excluding hydrogens is 322 g/mol. The van der Waals surface area contributed by atoms with Crippen molar-refractivity contribution in [2.75, 3.05) is 5.88 Å². The van der Waals surface area contributed by atoms with Gasteiger partial charge in [0.15, 0.2) is 5.78 Å². The maximum absolute atomic E-state index is 11.3. The molecule has 1 aromatic rings. The summed E-state index contributed by atoms with van der Waals surface area (Å²) in [5, 5.41) is 0.482. The highest BCUT2D eigenvalue weighted by molar-refractivity contribution is 14.1. The average Bonchev–Trinajstić information content (AvgIpc) is 2.02. The van der Waals surface area contributed by atoms with E-state index in [0.29, 0.717) is 10.6 Å². The number of carbonyl (C=O) groups is 1. The fourth-order valence-corrected chi connectivity index (χ4v) is 2.59. The zero-order valence-corrected chi connectivity index (χ0v) is 10.6. The number of halogens is 3. The van der Waals surface area contributed by atoms with Crippen LogP contribution in [0.3, 0.4) is 0 Å². The van der Waals surface area contributed by atoms with Gasteiger partial charge in [-0.3, -0.25) is 4.79 Å². The first kappa shape index (κ1) is 11.3. The number of hydrogen-bond donors (Lipinski definition) is 0. The molecule has 1 rings (SSSR count). The molecule has 70 valence electrons. The molecule has 0 saturated heterocycles. The van der Waals surface area contributed by atoms with Crippen LogP contribution in [0.1, 0.15) is 15.9 Å². The quantitative estimate of drug-likeness (QED) is 0.460. The first-order chi connectivity index (χ1) is 6.06. The Morgan fingerprint density at radius 1 is 1.54 bits per heavy atom. The van der Waals surface area contributed by atoms with Gasteiger partial charge in [-0.1, -0.05) is 11.6 Å². The standard InChI is InChI=1S/C9H7Cl2IO/c1-5-2-6(12)3-7(11)9(5)8(13)4-10/h2-3H,4H2,1H3. The molecule has 0 radical (unpaired) electrons. The van der Waals surface area contributed by atoms with E-state index in [1.165, 1.54) is 0 Å². The van der Waals surface area contributed by atoms with E-state index in [2.05, 4.69) is 22.6 Å². The van der Waals surface area contributed by atoms with E-state index >= 15 is 0 Å². The minimum absolute atomic E-state index is 0.0266. The number of alkyl halides is 1. The van der Waals surface area contributed by atoms with E-state index in [4.69, 9.17) is 23.2 Å². The molecule has 0 heterocycles. The van der Waals surface area contributed by atoms with Gasteiger partial charge in [-0.05, 0) is 47.2 Å². The summed E-state index contributed by atoms with van der Waals surface area (Å²) in [6, 6.07) is 3.67. The summed E-state index contributed by atoms with van der Waals surface area (Å²) >= 11 is 13.5. The first-order valence-electron chi connectivity index (χ1n) is 3.61. The Morgan fingerprint density at radius 3 is 2.62 bits per heavy atom. The van der Waals surface area contributed by atoms with Crippen molar-refractivity contribution in [3.05, 3.63) is 31.9 Å². The largest absolute Gasteiger partial charge is 0.293 e. The molecule has 1 aromatic carbocycles. The number of aryl methyl sites for hydroxylation is 1. The van der Waals surface area contributed by atoms with E-state index in [9.17, 15) is 4.79 Å². The van der Waals surface area contributed by atoms with Crippen LogP contribution in [0.2, 0.25) is 5.02 Å². The summed E-state index contributed by atoms with van der Waals surface area (Å²) < 4.78 is 1.02. The second-order valence-electron chi connectivity index (χ2n) is 2.64. The number of hydrogen-bond acceptors (Lipinski definition) is 1. The molecule has 0 fully saturated rings. The Morgan fingerprint density at radius 2 is 2.15 bits per heavy atom. The number of benzene rings is 1. The van der Waals surface area contributed by atoms with E-state index < -0.39 is 0 Å². The van der Waals surface area contributed by atoms with Crippen LogP contribution in [0.5, 0.6) is 0 Å². The second-order valence-corrected chi connectivity index (χ2v) is 4.56.